The molecule has 1 aromatic heterocycles. The zero-order chi connectivity index (χ0) is 14.1. The van der Waals surface area contributed by atoms with Crippen molar-refractivity contribution in [1.29, 1.82) is 0 Å². The van der Waals surface area contributed by atoms with Gasteiger partial charge in [-0.05, 0) is 5.41 Å². The van der Waals surface area contributed by atoms with Crippen LogP contribution in [0.5, 0.6) is 0 Å². The summed E-state index contributed by atoms with van der Waals surface area (Å²) < 4.78 is 28.3. The van der Waals surface area contributed by atoms with Gasteiger partial charge in [0.05, 0.1) is 11.2 Å². The van der Waals surface area contributed by atoms with E-state index in [-0.39, 0.29) is 28.1 Å². The molecule has 3 N–H and O–H groups in total. The molecule has 8 heteroatoms. The van der Waals surface area contributed by atoms with E-state index in [9.17, 15) is 8.42 Å². The molecule has 0 saturated heterocycles. The Hall–Kier alpha value is -0.630. The third kappa shape index (κ3) is 3.23. The van der Waals surface area contributed by atoms with Crippen LogP contribution in [0.3, 0.4) is 0 Å². The van der Waals surface area contributed by atoms with Gasteiger partial charge in [0.1, 0.15) is 0 Å². The molecule has 1 aromatic rings. The number of halogens is 1. The second-order valence-electron chi connectivity index (χ2n) is 5.20. The van der Waals surface area contributed by atoms with Gasteiger partial charge in [-0.15, -0.1) is 0 Å². The molecule has 0 spiro atoms. The number of aromatic nitrogens is 2. The second-order valence-corrected chi connectivity index (χ2v) is 7.23. The lowest BCUT2D eigenvalue weighted by Crippen LogP contribution is -2.48. The summed E-state index contributed by atoms with van der Waals surface area (Å²) in [5.41, 5.74) is 5.33. The van der Waals surface area contributed by atoms with Crippen molar-refractivity contribution in [2.45, 2.75) is 31.8 Å². The largest absolute Gasteiger partial charge is 0.329 e. The Morgan fingerprint density at radius 2 is 2.11 bits per heavy atom. The number of rotatable bonds is 4. The van der Waals surface area contributed by atoms with Crippen molar-refractivity contribution in [1.82, 2.24) is 14.5 Å². The van der Waals surface area contributed by atoms with Crippen LogP contribution in [0.25, 0.3) is 0 Å². The highest BCUT2D eigenvalue weighted by Crippen LogP contribution is 2.23. The van der Waals surface area contributed by atoms with E-state index in [1.54, 1.807) is 0 Å². The highest BCUT2D eigenvalue weighted by Gasteiger charge is 2.31. The van der Waals surface area contributed by atoms with Gasteiger partial charge in [-0.1, -0.05) is 32.4 Å². The topological polar surface area (TPSA) is 90.0 Å². The lowest BCUT2D eigenvalue weighted by Gasteiger charge is -2.30. The van der Waals surface area contributed by atoms with Crippen LogP contribution >= 0.6 is 11.6 Å². The number of nitrogens with zero attached hydrogens (tertiary/aromatic N) is 2. The van der Waals surface area contributed by atoms with E-state index in [0.29, 0.717) is 0 Å². The number of sulfonamides is 1. The van der Waals surface area contributed by atoms with Gasteiger partial charge in [-0.3, -0.25) is 4.68 Å². The lowest BCUT2D eigenvalue weighted by atomic mass is 9.88. The summed E-state index contributed by atoms with van der Waals surface area (Å²) in [4.78, 5) is 0. The van der Waals surface area contributed by atoms with E-state index in [0.717, 1.165) is 0 Å². The first-order valence-corrected chi connectivity index (χ1v) is 7.35. The number of aryl methyl sites for hydroxylation is 1. The standard InChI is InChI=1S/C10H19ClN4O2S/c1-10(2,3)8(5-12)14-18(16,17)9-7(11)6-13-15(9)4/h6,8,14H,5,12H2,1-4H3. The van der Waals surface area contributed by atoms with E-state index < -0.39 is 10.0 Å². The average molecular weight is 295 g/mol. The Morgan fingerprint density at radius 3 is 2.44 bits per heavy atom. The van der Waals surface area contributed by atoms with Gasteiger partial charge < -0.3 is 5.73 Å². The second kappa shape index (κ2) is 5.16. The molecule has 0 saturated carbocycles. The predicted octanol–water partition coefficient (Wildman–Crippen LogP) is 0.725. The van der Waals surface area contributed by atoms with Crippen LogP contribution in [-0.4, -0.2) is 30.8 Å². The molecule has 1 atom stereocenters. The van der Waals surface area contributed by atoms with Gasteiger partial charge in [0.15, 0.2) is 5.03 Å². The maximum Gasteiger partial charge on any atom is 0.259 e. The minimum Gasteiger partial charge on any atom is -0.329 e. The van der Waals surface area contributed by atoms with Gasteiger partial charge in [0.2, 0.25) is 0 Å². The monoisotopic (exact) mass is 294 g/mol. The van der Waals surface area contributed by atoms with Crippen molar-refractivity contribution in [2.24, 2.45) is 18.2 Å². The molecule has 0 aliphatic heterocycles. The quantitative estimate of drug-likeness (QED) is 0.856. The normalized spacial score (nSPS) is 14.8. The van der Waals surface area contributed by atoms with E-state index >= 15 is 0 Å². The van der Waals surface area contributed by atoms with E-state index in [1.165, 1.54) is 17.9 Å². The number of hydrogen-bond donors (Lipinski definition) is 2. The Kier molecular flexibility index (Phi) is 4.42. The fraction of sp³-hybridized carbons (Fsp3) is 0.700. The number of hydrogen-bond acceptors (Lipinski definition) is 4. The maximum absolute atomic E-state index is 12.2. The first-order valence-electron chi connectivity index (χ1n) is 5.49. The maximum atomic E-state index is 12.2. The first kappa shape index (κ1) is 15.4. The van der Waals surface area contributed by atoms with Crippen molar-refractivity contribution >= 4 is 21.6 Å². The summed E-state index contributed by atoms with van der Waals surface area (Å²) in [6.45, 7) is 5.95. The van der Waals surface area contributed by atoms with Crippen molar-refractivity contribution < 1.29 is 8.42 Å². The molecular formula is C10H19ClN4O2S. The Morgan fingerprint density at radius 1 is 1.56 bits per heavy atom. The molecule has 0 aliphatic carbocycles. The van der Waals surface area contributed by atoms with Crippen LogP contribution in [0.4, 0.5) is 0 Å². The van der Waals surface area contributed by atoms with Crippen molar-refractivity contribution in [2.75, 3.05) is 6.54 Å². The van der Waals surface area contributed by atoms with E-state index in [2.05, 4.69) is 9.82 Å². The Labute approximate surface area is 113 Å². The molecule has 6 nitrogen and oxygen atoms in total. The summed E-state index contributed by atoms with van der Waals surface area (Å²) in [5, 5.41) is 3.86. The smallest absolute Gasteiger partial charge is 0.259 e. The minimum atomic E-state index is -3.73. The summed E-state index contributed by atoms with van der Waals surface area (Å²) >= 11 is 5.84. The van der Waals surface area contributed by atoms with Crippen molar-refractivity contribution in [3.05, 3.63) is 11.2 Å². The summed E-state index contributed by atoms with van der Waals surface area (Å²) in [6.07, 6.45) is 1.30. The summed E-state index contributed by atoms with van der Waals surface area (Å²) in [5.74, 6) is 0. The molecule has 1 unspecified atom stereocenters. The van der Waals surface area contributed by atoms with Gasteiger partial charge in [0, 0.05) is 19.6 Å². The third-order valence-electron chi connectivity index (χ3n) is 2.68. The molecule has 104 valence electrons. The summed E-state index contributed by atoms with van der Waals surface area (Å²) in [7, 11) is -2.21. The van der Waals surface area contributed by atoms with Crippen LogP contribution in [0.2, 0.25) is 5.02 Å². The molecule has 0 amide bonds. The molecule has 0 aliphatic rings. The number of nitrogens with one attached hydrogen (secondary N) is 1. The van der Waals surface area contributed by atoms with Gasteiger partial charge >= 0.3 is 0 Å². The van der Waals surface area contributed by atoms with Crippen molar-refractivity contribution in [3.63, 3.8) is 0 Å². The molecule has 0 radical (unpaired) electrons. The fourth-order valence-corrected chi connectivity index (χ4v) is 3.63. The van der Waals surface area contributed by atoms with Gasteiger partial charge in [0.25, 0.3) is 10.0 Å². The van der Waals surface area contributed by atoms with Crippen molar-refractivity contribution in [3.8, 4) is 0 Å². The molecule has 18 heavy (non-hydrogen) atoms. The van der Waals surface area contributed by atoms with Crippen LogP contribution in [-0.2, 0) is 17.1 Å². The molecule has 0 aromatic carbocycles. The highest BCUT2D eigenvalue weighted by molar-refractivity contribution is 7.89. The average Bonchev–Trinajstić information content (AvgIpc) is 2.54. The lowest BCUT2D eigenvalue weighted by molar-refractivity contribution is 0.304. The van der Waals surface area contributed by atoms with Crippen LogP contribution in [0.1, 0.15) is 20.8 Å². The van der Waals surface area contributed by atoms with E-state index in [1.807, 2.05) is 20.8 Å². The molecule has 1 rings (SSSR count). The third-order valence-corrected chi connectivity index (χ3v) is 4.65. The molecular weight excluding hydrogens is 276 g/mol. The van der Waals surface area contributed by atoms with Crippen LogP contribution < -0.4 is 10.5 Å². The van der Waals surface area contributed by atoms with Gasteiger partial charge in [-0.2, -0.15) is 5.10 Å². The van der Waals surface area contributed by atoms with Crippen LogP contribution in [0.15, 0.2) is 11.2 Å². The summed E-state index contributed by atoms with van der Waals surface area (Å²) in [6, 6.07) is -0.381. The van der Waals surface area contributed by atoms with Gasteiger partial charge in [-0.25, -0.2) is 13.1 Å². The fourth-order valence-electron chi connectivity index (χ4n) is 1.52. The first-order chi connectivity index (χ1) is 8.09. The van der Waals surface area contributed by atoms with E-state index in [4.69, 9.17) is 17.3 Å². The predicted molar refractivity (Wildman–Crippen MR) is 70.8 cm³/mol. The Bertz CT molecular complexity index is 499. The minimum absolute atomic E-state index is 0.0492. The highest BCUT2D eigenvalue weighted by atomic mass is 35.5. The zero-order valence-corrected chi connectivity index (χ0v) is 12.5. The zero-order valence-electron chi connectivity index (χ0n) is 10.9. The molecule has 0 fully saturated rings. The molecule has 1 heterocycles. The Balaban J connectivity index is 3.10. The van der Waals surface area contributed by atoms with Crippen LogP contribution in [0, 0.1) is 5.41 Å². The SMILES string of the molecule is Cn1ncc(Cl)c1S(=O)(=O)NC(CN)C(C)(C)C. The molecule has 0 bridgehead atoms. The number of nitrogens with two attached hydrogens (primary N) is 1.